The van der Waals surface area contributed by atoms with Crippen molar-refractivity contribution in [2.24, 2.45) is 0 Å². The first-order chi connectivity index (χ1) is 10.0. The van der Waals surface area contributed by atoms with Crippen LogP contribution in [0.5, 0.6) is 0 Å². The lowest BCUT2D eigenvalue weighted by atomic mass is 9.94. The molecule has 122 valence electrons. The van der Waals surface area contributed by atoms with Crippen molar-refractivity contribution in [2.45, 2.75) is 51.9 Å². The number of halogens is 3. The zero-order valence-electron chi connectivity index (χ0n) is 12.9. The van der Waals surface area contributed by atoms with Crippen LogP contribution >= 0.6 is 0 Å². The Bertz CT molecular complexity index is 625. The Kier molecular flexibility index (Phi) is 4.21. The largest absolute Gasteiger partial charge is 0.443 e. The molecule has 0 aliphatic heterocycles. The van der Waals surface area contributed by atoms with E-state index in [2.05, 4.69) is 15.4 Å². The number of nitrogens with zero attached hydrogens (tertiary/aromatic N) is 3. The zero-order chi connectivity index (χ0) is 16.5. The van der Waals surface area contributed by atoms with Gasteiger partial charge in [0.15, 0.2) is 0 Å². The summed E-state index contributed by atoms with van der Waals surface area (Å²) in [5.74, 6) is 1.23. The summed E-state index contributed by atoms with van der Waals surface area (Å²) < 4.78 is 43.4. The van der Waals surface area contributed by atoms with Gasteiger partial charge in [0.2, 0.25) is 5.89 Å². The summed E-state index contributed by atoms with van der Waals surface area (Å²) in [6, 6.07) is -0.278. The molecule has 8 heteroatoms. The molecule has 0 saturated heterocycles. The van der Waals surface area contributed by atoms with Gasteiger partial charge in [-0.15, -0.1) is 0 Å². The summed E-state index contributed by atoms with van der Waals surface area (Å²) >= 11 is 0. The van der Waals surface area contributed by atoms with Crippen LogP contribution < -0.4 is 5.32 Å². The standard InChI is InChI=1S/C14H19F3N4O/c1-9(12-18-6-11(22-12)13(2,3)4)20-10-5-19-21(7-10)8-14(15,16)17/h5-7,9,20H,8H2,1-4H3. The molecule has 2 heterocycles. The lowest BCUT2D eigenvalue weighted by Gasteiger charge is -2.14. The molecule has 1 atom stereocenters. The summed E-state index contributed by atoms with van der Waals surface area (Å²) in [4.78, 5) is 4.21. The monoisotopic (exact) mass is 316 g/mol. The van der Waals surface area contributed by atoms with Crippen molar-refractivity contribution < 1.29 is 17.6 Å². The van der Waals surface area contributed by atoms with E-state index in [1.807, 2.05) is 27.7 Å². The number of alkyl halides is 3. The molecule has 22 heavy (non-hydrogen) atoms. The summed E-state index contributed by atoms with van der Waals surface area (Å²) in [6.07, 6.45) is 0.0210. The predicted molar refractivity (Wildman–Crippen MR) is 75.5 cm³/mol. The van der Waals surface area contributed by atoms with Crippen molar-refractivity contribution in [3.63, 3.8) is 0 Å². The van der Waals surface area contributed by atoms with Crippen LogP contribution in [0.1, 0.15) is 45.4 Å². The van der Waals surface area contributed by atoms with Crippen molar-refractivity contribution >= 4 is 5.69 Å². The van der Waals surface area contributed by atoms with E-state index in [1.54, 1.807) is 6.20 Å². The number of hydrogen-bond acceptors (Lipinski definition) is 4. The average Bonchev–Trinajstić information content (AvgIpc) is 2.95. The molecule has 0 bridgehead atoms. The van der Waals surface area contributed by atoms with Crippen LogP contribution in [0, 0.1) is 0 Å². The summed E-state index contributed by atoms with van der Waals surface area (Å²) in [6.45, 7) is 6.74. The van der Waals surface area contributed by atoms with Gasteiger partial charge in [0.1, 0.15) is 18.3 Å². The molecular weight excluding hydrogens is 297 g/mol. The number of aromatic nitrogens is 3. The minimum absolute atomic E-state index is 0.150. The van der Waals surface area contributed by atoms with E-state index in [0.29, 0.717) is 11.6 Å². The van der Waals surface area contributed by atoms with E-state index in [9.17, 15) is 13.2 Å². The van der Waals surface area contributed by atoms with Crippen LogP contribution in [0.25, 0.3) is 0 Å². The first-order valence-corrected chi connectivity index (χ1v) is 6.86. The van der Waals surface area contributed by atoms with E-state index in [-0.39, 0.29) is 11.5 Å². The molecule has 0 aliphatic carbocycles. The molecule has 1 unspecified atom stereocenters. The van der Waals surface area contributed by atoms with Crippen molar-refractivity contribution in [2.75, 3.05) is 5.32 Å². The Hall–Kier alpha value is -1.99. The minimum atomic E-state index is -4.29. The highest BCUT2D eigenvalue weighted by molar-refractivity contribution is 5.39. The first-order valence-electron chi connectivity index (χ1n) is 6.86. The van der Waals surface area contributed by atoms with E-state index < -0.39 is 12.7 Å². The first kappa shape index (κ1) is 16.4. The van der Waals surface area contributed by atoms with E-state index >= 15 is 0 Å². The van der Waals surface area contributed by atoms with E-state index in [1.165, 1.54) is 12.4 Å². The van der Waals surface area contributed by atoms with Gasteiger partial charge >= 0.3 is 6.18 Å². The van der Waals surface area contributed by atoms with Gasteiger partial charge < -0.3 is 9.73 Å². The number of hydrogen-bond donors (Lipinski definition) is 1. The van der Waals surface area contributed by atoms with Crippen molar-refractivity contribution in [1.29, 1.82) is 0 Å². The third-order valence-electron chi connectivity index (χ3n) is 2.99. The van der Waals surface area contributed by atoms with Gasteiger partial charge in [-0.2, -0.15) is 18.3 Å². The molecule has 0 radical (unpaired) electrons. The van der Waals surface area contributed by atoms with Crippen molar-refractivity contribution in [3.05, 3.63) is 30.2 Å². The highest BCUT2D eigenvalue weighted by Gasteiger charge is 2.28. The fraction of sp³-hybridized carbons (Fsp3) is 0.571. The number of nitrogens with one attached hydrogen (secondary N) is 1. The van der Waals surface area contributed by atoms with Crippen molar-refractivity contribution in [3.8, 4) is 0 Å². The van der Waals surface area contributed by atoms with Gasteiger partial charge in [-0.1, -0.05) is 20.8 Å². The Morgan fingerprint density at radius 1 is 1.27 bits per heavy atom. The number of anilines is 1. The second-order valence-corrected chi connectivity index (χ2v) is 6.22. The number of oxazole rings is 1. The average molecular weight is 316 g/mol. The van der Waals surface area contributed by atoms with E-state index in [0.717, 1.165) is 10.4 Å². The van der Waals surface area contributed by atoms with Crippen LogP contribution in [0.4, 0.5) is 18.9 Å². The number of rotatable bonds is 4. The maximum atomic E-state index is 12.3. The van der Waals surface area contributed by atoms with Gasteiger partial charge in [0, 0.05) is 11.6 Å². The quantitative estimate of drug-likeness (QED) is 0.929. The molecule has 0 amide bonds. The molecule has 0 aliphatic rings. The molecule has 0 saturated carbocycles. The molecule has 2 aromatic heterocycles. The van der Waals surface area contributed by atoms with Gasteiger partial charge in [-0.3, -0.25) is 4.68 Å². The third kappa shape index (κ3) is 4.25. The summed E-state index contributed by atoms with van der Waals surface area (Å²) in [7, 11) is 0. The second-order valence-electron chi connectivity index (χ2n) is 6.22. The molecule has 0 fully saturated rings. The fourth-order valence-corrected chi connectivity index (χ4v) is 1.85. The van der Waals surface area contributed by atoms with Crippen LogP contribution in [0.2, 0.25) is 0 Å². The maximum Gasteiger partial charge on any atom is 0.408 e. The van der Waals surface area contributed by atoms with Gasteiger partial charge in [-0.25, -0.2) is 4.98 Å². The van der Waals surface area contributed by atoms with Crippen LogP contribution in [-0.4, -0.2) is 20.9 Å². The van der Waals surface area contributed by atoms with E-state index in [4.69, 9.17) is 4.42 Å². The minimum Gasteiger partial charge on any atom is -0.443 e. The predicted octanol–water partition coefficient (Wildman–Crippen LogP) is 3.90. The van der Waals surface area contributed by atoms with Crippen LogP contribution in [-0.2, 0) is 12.0 Å². The molecule has 0 spiro atoms. The Labute approximate surface area is 126 Å². The molecule has 5 nitrogen and oxygen atoms in total. The van der Waals surface area contributed by atoms with Gasteiger partial charge in [0.05, 0.1) is 18.1 Å². The lowest BCUT2D eigenvalue weighted by molar-refractivity contribution is -0.142. The summed E-state index contributed by atoms with van der Waals surface area (Å²) in [5, 5.41) is 6.70. The second kappa shape index (κ2) is 5.66. The lowest BCUT2D eigenvalue weighted by Crippen LogP contribution is -2.17. The molecule has 2 rings (SSSR count). The highest BCUT2D eigenvalue weighted by atomic mass is 19.4. The fourth-order valence-electron chi connectivity index (χ4n) is 1.85. The Morgan fingerprint density at radius 3 is 2.50 bits per heavy atom. The highest BCUT2D eigenvalue weighted by Crippen LogP contribution is 2.26. The SMILES string of the molecule is CC(Nc1cnn(CC(F)(F)F)c1)c1ncc(C(C)(C)C)o1. The third-order valence-corrected chi connectivity index (χ3v) is 2.99. The van der Waals surface area contributed by atoms with Crippen molar-refractivity contribution in [1.82, 2.24) is 14.8 Å². The van der Waals surface area contributed by atoms with Crippen LogP contribution in [0.3, 0.4) is 0 Å². The van der Waals surface area contributed by atoms with Gasteiger partial charge in [0.25, 0.3) is 0 Å². The molecule has 1 N–H and O–H groups in total. The zero-order valence-corrected chi connectivity index (χ0v) is 12.9. The molecular formula is C14H19F3N4O. The summed E-state index contributed by atoms with van der Waals surface area (Å²) in [5.41, 5.74) is 0.329. The molecule has 0 aromatic carbocycles. The molecule has 2 aromatic rings. The Morgan fingerprint density at radius 2 is 1.95 bits per heavy atom. The van der Waals surface area contributed by atoms with Gasteiger partial charge in [-0.05, 0) is 6.92 Å². The maximum absolute atomic E-state index is 12.3. The smallest absolute Gasteiger partial charge is 0.408 e. The van der Waals surface area contributed by atoms with Crippen LogP contribution in [0.15, 0.2) is 23.0 Å². The topological polar surface area (TPSA) is 55.9 Å². The normalized spacial score (nSPS) is 14.1. The Balaban J connectivity index is 2.03.